The van der Waals surface area contributed by atoms with Gasteiger partial charge in [-0.05, 0) is 58.4 Å². The molecule has 0 radical (unpaired) electrons. The number of esters is 1. The van der Waals surface area contributed by atoms with Gasteiger partial charge in [0.05, 0.1) is 5.92 Å². The molecule has 4 atom stereocenters. The Bertz CT molecular complexity index is 332. The Morgan fingerprint density at radius 2 is 2.22 bits per heavy atom. The number of allylic oxidation sites excluding steroid dienone is 1. The maximum absolute atomic E-state index is 12.2. The van der Waals surface area contributed by atoms with Crippen molar-refractivity contribution in [1.82, 2.24) is 5.32 Å². The molecule has 0 aromatic rings. The first kappa shape index (κ1) is 13.6. The Labute approximate surface area is 110 Å². The van der Waals surface area contributed by atoms with E-state index < -0.39 is 0 Å². The second-order valence-electron chi connectivity index (χ2n) is 6.59. The van der Waals surface area contributed by atoms with E-state index in [2.05, 4.69) is 11.9 Å². The third kappa shape index (κ3) is 2.77. The maximum atomic E-state index is 12.2. The van der Waals surface area contributed by atoms with Gasteiger partial charge < -0.3 is 10.1 Å². The summed E-state index contributed by atoms with van der Waals surface area (Å²) in [6.45, 7) is 10.7. The average Bonchev–Trinajstić information content (AvgIpc) is 2.18. The van der Waals surface area contributed by atoms with Crippen molar-refractivity contribution in [3.63, 3.8) is 0 Å². The fraction of sp³-hybridized carbons (Fsp3) is 0.800. The van der Waals surface area contributed by atoms with E-state index in [1.165, 1.54) is 0 Å². The molecule has 1 heterocycles. The van der Waals surface area contributed by atoms with Gasteiger partial charge in [-0.2, -0.15) is 0 Å². The number of nitrogens with one attached hydrogen (secondary N) is 1. The highest BCUT2D eigenvalue weighted by Gasteiger charge is 2.51. The number of rotatable bonds is 3. The molecule has 0 aromatic heterocycles. The summed E-state index contributed by atoms with van der Waals surface area (Å²) in [5.74, 6) is 1.13. The Morgan fingerprint density at radius 3 is 2.83 bits per heavy atom. The topological polar surface area (TPSA) is 38.3 Å². The van der Waals surface area contributed by atoms with Gasteiger partial charge in [0.15, 0.2) is 0 Å². The summed E-state index contributed by atoms with van der Waals surface area (Å²) in [4.78, 5) is 12.2. The highest BCUT2D eigenvalue weighted by atomic mass is 16.6. The number of fused-ring (bicyclic) bond motifs is 1. The number of piperidine rings is 1. The van der Waals surface area contributed by atoms with E-state index >= 15 is 0 Å². The van der Waals surface area contributed by atoms with Crippen molar-refractivity contribution in [3.05, 3.63) is 12.7 Å². The van der Waals surface area contributed by atoms with E-state index in [0.717, 1.165) is 25.8 Å². The van der Waals surface area contributed by atoms with Crippen LogP contribution >= 0.6 is 0 Å². The summed E-state index contributed by atoms with van der Waals surface area (Å²) < 4.78 is 5.52. The minimum absolute atomic E-state index is 0.0125. The Hall–Kier alpha value is -0.830. The lowest BCUT2D eigenvalue weighted by Crippen LogP contribution is -2.60. The van der Waals surface area contributed by atoms with Gasteiger partial charge in [0, 0.05) is 6.04 Å². The van der Waals surface area contributed by atoms with Gasteiger partial charge in [-0.15, -0.1) is 6.58 Å². The molecule has 1 aliphatic heterocycles. The van der Waals surface area contributed by atoms with Gasteiger partial charge >= 0.3 is 5.97 Å². The molecule has 102 valence electrons. The van der Waals surface area contributed by atoms with Gasteiger partial charge in [-0.3, -0.25) is 4.79 Å². The fourth-order valence-corrected chi connectivity index (χ4v) is 3.32. The maximum Gasteiger partial charge on any atom is 0.309 e. The van der Waals surface area contributed by atoms with Crippen LogP contribution in [-0.4, -0.2) is 24.2 Å². The highest BCUT2D eigenvalue weighted by Crippen LogP contribution is 2.45. The summed E-state index contributed by atoms with van der Waals surface area (Å²) >= 11 is 0. The van der Waals surface area contributed by atoms with E-state index in [0.29, 0.717) is 17.9 Å². The number of carbonyl (C=O) groups excluding carboxylic acids is 1. The highest BCUT2D eigenvalue weighted by molar-refractivity contribution is 5.74. The molecule has 2 aliphatic rings. The van der Waals surface area contributed by atoms with E-state index in [-0.39, 0.29) is 17.5 Å². The van der Waals surface area contributed by atoms with Crippen LogP contribution in [0.3, 0.4) is 0 Å². The van der Waals surface area contributed by atoms with Crippen LogP contribution in [0.4, 0.5) is 0 Å². The SMILES string of the molecule is C=CCC1CCNC2CC(C(=O)OC(C)(C)C)C12. The monoisotopic (exact) mass is 251 g/mol. The molecule has 4 unspecified atom stereocenters. The normalized spacial score (nSPS) is 35.3. The predicted molar refractivity (Wildman–Crippen MR) is 72.2 cm³/mol. The van der Waals surface area contributed by atoms with Gasteiger partial charge in [0.2, 0.25) is 0 Å². The molecule has 2 rings (SSSR count). The zero-order valence-electron chi connectivity index (χ0n) is 11.7. The van der Waals surface area contributed by atoms with Crippen LogP contribution in [0.5, 0.6) is 0 Å². The molecular formula is C15H25NO2. The largest absolute Gasteiger partial charge is 0.460 e. The molecule has 0 spiro atoms. The molecule has 1 N–H and O–H groups in total. The van der Waals surface area contributed by atoms with Crippen molar-refractivity contribution >= 4 is 5.97 Å². The zero-order chi connectivity index (χ0) is 13.3. The van der Waals surface area contributed by atoms with Crippen molar-refractivity contribution < 1.29 is 9.53 Å². The van der Waals surface area contributed by atoms with Crippen LogP contribution < -0.4 is 5.32 Å². The summed E-state index contributed by atoms with van der Waals surface area (Å²) in [5.41, 5.74) is -0.377. The Kier molecular flexibility index (Phi) is 3.81. The number of carbonyl (C=O) groups is 1. The third-order valence-electron chi connectivity index (χ3n) is 4.08. The zero-order valence-corrected chi connectivity index (χ0v) is 11.7. The van der Waals surface area contributed by atoms with Crippen LogP contribution in [0.25, 0.3) is 0 Å². The van der Waals surface area contributed by atoms with Crippen LogP contribution in [0.15, 0.2) is 12.7 Å². The summed E-state index contributed by atoms with van der Waals surface area (Å²) in [6.07, 6.45) is 5.08. The Balaban J connectivity index is 1.99. The fourth-order valence-electron chi connectivity index (χ4n) is 3.32. The van der Waals surface area contributed by atoms with Crippen molar-refractivity contribution in [2.24, 2.45) is 17.8 Å². The molecule has 3 nitrogen and oxygen atoms in total. The minimum atomic E-state index is -0.377. The summed E-state index contributed by atoms with van der Waals surface area (Å²) in [7, 11) is 0. The molecule has 1 saturated heterocycles. The van der Waals surface area contributed by atoms with Gasteiger partial charge in [-0.25, -0.2) is 0 Å². The Morgan fingerprint density at radius 1 is 1.50 bits per heavy atom. The number of ether oxygens (including phenoxy) is 1. The van der Waals surface area contributed by atoms with Crippen molar-refractivity contribution in [2.45, 2.75) is 51.7 Å². The van der Waals surface area contributed by atoms with Crippen LogP contribution in [0.1, 0.15) is 40.0 Å². The molecule has 1 saturated carbocycles. The smallest absolute Gasteiger partial charge is 0.309 e. The lowest BCUT2D eigenvalue weighted by atomic mass is 9.60. The molecule has 0 aromatic carbocycles. The second kappa shape index (κ2) is 5.04. The number of hydrogen-bond donors (Lipinski definition) is 1. The van der Waals surface area contributed by atoms with Gasteiger partial charge in [-0.1, -0.05) is 6.08 Å². The van der Waals surface area contributed by atoms with Crippen molar-refractivity contribution in [3.8, 4) is 0 Å². The van der Waals surface area contributed by atoms with Crippen LogP contribution in [0, 0.1) is 17.8 Å². The summed E-state index contributed by atoms with van der Waals surface area (Å²) in [6, 6.07) is 0.515. The predicted octanol–water partition coefficient (Wildman–Crippen LogP) is 2.52. The van der Waals surface area contributed by atoms with E-state index in [1.54, 1.807) is 0 Å². The van der Waals surface area contributed by atoms with E-state index in [9.17, 15) is 4.79 Å². The second-order valence-corrected chi connectivity index (χ2v) is 6.59. The van der Waals surface area contributed by atoms with E-state index in [4.69, 9.17) is 4.74 Å². The molecule has 2 fully saturated rings. The quantitative estimate of drug-likeness (QED) is 0.619. The minimum Gasteiger partial charge on any atom is -0.460 e. The van der Waals surface area contributed by atoms with Crippen LogP contribution in [-0.2, 0) is 9.53 Å². The van der Waals surface area contributed by atoms with Gasteiger partial charge in [0.1, 0.15) is 5.60 Å². The average molecular weight is 251 g/mol. The van der Waals surface area contributed by atoms with Gasteiger partial charge in [0.25, 0.3) is 0 Å². The van der Waals surface area contributed by atoms with Crippen molar-refractivity contribution in [2.75, 3.05) is 6.54 Å². The lowest BCUT2D eigenvalue weighted by Gasteiger charge is -2.51. The molecule has 3 heteroatoms. The molecule has 18 heavy (non-hydrogen) atoms. The lowest BCUT2D eigenvalue weighted by molar-refractivity contribution is -0.171. The first-order chi connectivity index (χ1) is 8.42. The first-order valence-electron chi connectivity index (χ1n) is 6.99. The number of hydrogen-bond acceptors (Lipinski definition) is 3. The molecule has 0 bridgehead atoms. The van der Waals surface area contributed by atoms with E-state index in [1.807, 2.05) is 26.8 Å². The first-order valence-corrected chi connectivity index (χ1v) is 6.99. The molecule has 0 amide bonds. The third-order valence-corrected chi connectivity index (χ3v) is 4.08. The van der Waals surface area contributed by atoms with Crippen molar-refractivity contribution in [1.29, 1.82) is 0 Å². The summed E-state index contributed by atoms with van der Waals surface area (Å²) in [5, 5.41) is 3.51. The molecule has 1 aliphatic carbocycles. The molecular weight excluding hydrogens is 226 g/mol. The standard InChI is InChI=1S/C15H25NO2/c1-5-6-10-7-8-16-12-9-11(13(10)12)14(17)18-15(2,3)4/h5,10-13,16H,1,6-9H2,2-4H3. The van der Waals surface area contributed by atoms with Crippen LogP contribution in [0.2, 0.25) is 0 Å².